The van der Waals surface area contributed by atoms with E-state index in [1.807, 2.05) is 19.1 Å². The van der Waals surface area contributed by atoms with E-state index in [-0.39, 0.29) is 10.7 Å². The number of hydrogen-bond donors (Lipinski definition) is 1. The predicted octanol–water partition coefficient (Wildman–Crippen LogP) is 4.28. The average molecular weight is 557 g/mol. The third kappa shape index (κ3) is 4.39. The lowest BCUT2D eigenvalue weighted by atomic mass is 10.1. The first-order valence-corrected chi connectivity index (χ1v) is 10.3. The molecular formula is C19H14BrIN2O3S. The molecule has 138 valence electrons. The Morgan fingerprint density at radius 3 is 2.56 bits per heavy atom. The van der Waals surface area contributed by atoms with Crippen LogP contribution in [0.1, 0.15) is 12.5 Å². The second-order valence-corrected chi connectivity index (χ2v) is 8.02. The van der Waals surface area contributed by atoms with Crippen molar-refractivity contribution in [2.45, 2.75) is 6.92 Å². The molecule has 0 aromatic heterocycles. The van der Waals surface area contributed by atoms with Gasteiger partial charge in [-0.3, -0.25) is 19.8 Å². The summed E-state index contributed by atoms with van der Waals surface area (Å²) in [5.41, 5.74) is 1.33. The fraction of sp³-hybridized carbons (Fsp3) is 0.105. The van der Waals surface area contributed by atoms with E-state index in [9.17, 15) is 9.59 Å². The standard InChI is InChI=1S/C19H14BrIN2O3S/c1-2-26-16-8-3-11(10-15(16)21)9-14-17(24)22-19(27)23(18(14)25)13-6-4-12(20)5-7-13/h3-10H,2H2,1H3,(H,22,24,27)/b14-9+. The van der Waals surface area contributed by atoms with E-state index in [1.54, 1.807) is 36.4 Å². The zero-order chi connectivity index (χ0) is 19.6. The van der Waals surface area contributed by atoms with Crippen LogP contribution in [-0.4, -0.2) is 23.5 Å². The molecule has 0 bridgehead atoms. The molecule has 0 saturated carbocycles. The van der Waals surface area contributed by atoms with E-state index in [2.05, 4.69) is 43.8 Å². The lowest BCUT2D eigenvalue weighted by Crippen LogP contribution is -2.54. The Hall–Kier alpha value is -1.78. The van der Waals surface area contributed by atoms with Crippen LogP contribution in [0.5, 0.6) is 5.75 Å². The van der Waals surface area contributed by atoms with Crippen molar-refractivity contribution in [1.29, 1.82) is 0 Å². The number of ether oxygens (including phenoxy) is 1. The summed E-state index contributed by atoms with van der Waals surface area (Å²) in [6.07, 6.45) is 1.56. The van der Waals surface area contributed by atoms with Gasteiger partial charge in [0.15, 0.2) is 5.11 Å². The number of carbonyl (C=O) groups excluding carboxylic acids is 2. The highest BCUT2D eigenvalue weighted by Gasteiger charge is 2.34. The molecule has 8 heteroatoms. The van der Waals surface area contributed by atoms with Gasteiger partial charge in [-0.25, -0.2) is 0 Å². The summed E-state index contributed by atoms with van der Waals surface area (Å²) in [5, 5.41) is 2.64. The molecule has 0 spiro atoms. The molecule has 1 aliphatic heterocycles. The van der Waals surface area contributed by atoms with Crippen LogP contribution in [0.2, 0.25) is 0 Å². The third-order valence-corrected chi connectivity index (χ3v) is 5.41. The number of carbonyl (C=O) groups is 2. The molecule has 0 unspecified atom stereocenters. The molecule has 1 aliphatic rings. The van der Waals surface area contributed by atoms with Crippen LogP contribution in [-0.2, 0) is 9.59 Å². The van der Waals surface area contributed by atoms with E-state index >= 15 is 0 Å². The van der Waals surface area contributed by atoms with E-state index < -0.39 is 11.8 Å². The fourth-order valence-corrected chi connectivity index (χ4v) is 3.77. The van der Waals surface area contributed by atoms with Gasteiger partial charge >= 0.3 is 0 Å². The molecule has 1 fully saturated rings. The van der Waals surface area contributed by atoms with Gasteiger partial charge in [0.25, 0.3) is 11.8 Å². The Labute approximate surface area is 184 Å². The van der Waals surface area contributed by atoms with Crippen LogP contribution >= 0.6 is 50.7 Å². The van der Waals surface area contributed by atoms with Crippen molar-refractivity contribution in [1.82, 2.24) is 5.32 Å². The van der Waals surface area contributed by atoms with E-state index in [4.69, 9.17) is 17.0 Å². The maximum atomic E-state index is 13.0. The normalized spacial score (nSPS) is 15.9. The average Bonchev–Trinajstić information content (AvgIpc) is 2.62. The SMILES string of the molecule is CCOc1ccc(/C=C2\C(=O)NC(=S)N(c3ccc(Br)cc3)C2=O)cc1I. The summed E-state index contributed by atoms with van der Waals surface area (Å²) in [6.45, 7) is 2.48. The fourth-order valence-electron chi connectivity index (χ4n) is 2.53. The number of nitrogens with zero attached hydrogens (tertiary/aromatic N) is 1. The van der Waals surface area contributed by atoms with Crippen LogP contribution in [0.25, 0.3) is 6.08 Å². The van der Waals surface area contributed by atoms with Crippen molar-refractivity contribution in [3.05, 3.63) is 61.6 Å². The van der Waals surface area contributed by atoms with Crippen molar-refractivity contribution in [3.63, 3.8) is 0 Å². The van der Waals surface area contributed by atoms with Gasteiger partial charge in [0.05, 0.1) is 15.9 Å². The Kier molecular flexibility index (Phi) is 6.28. The summed E-state index contributed by atoms with van der Waals surface area (Å²) >= 11 is 10.7. The van der Waals surface area contributed by atoms with Crippen LogP contribution in [0.4, 0.5) is 5.69 Å². The minimum Gasteiger partial charge on any atom is -0.493 e. The molecule has 3 rings (SSSR count). The van der Waals surface area contributed by atoms with E-state index in [0.29, 0.717) is 12.3 Å². The third-order valence-electron chi connectivity index (χ3n) is 3.75. The Balaban J connectivity index is 1.96. The highest BCUT2D eigenvalue weighted by atomic mass is 127. The van der Waals surface area contributed by atoms with Gasteiger partial charge in [-0.2, -0.15) is 0 Å². The summed E-state index contributed by atoms with van der Waals surface area (Å²) < 4.78 is 7.29. The quantitative estimate of drug-likeness (QED) is 0.264. The number of rotatable bonds is 4. The molecule has 2 aromatic carbocycles. The topological polar surface area (TPSA) is 58.6 Å². The van der Waals surface area contributed by atoms with E-state index in [1.165, 1.54) is 4.90 Å². The highest BCUT2D eigenvalue weighted by Crippen LogP contribution is 2.26. The van der Waals surface area contributed by atoms with Crippen molar-refractivity contribution in [3.8, 4) is 5.75 Å². The molecule has 2 aromatic rings. The van der Waals surface area contributed by atoms with Crippen LogP contribution in [0.15, 0.2) is 52.5 Å². The van der Waals surface area contributed by atoms with Crippen molar-refractivity contribution >= 4 is 79.4 Å². The monoisotopic (exact) mass is 556 g/mol. The molecule has 27 heavy (non-hydrogen) atoms. The van der Waals surface area contributed by atoms with Crippen molar-refractivity contribution in [2.75, 3.05) is 11.5 Å². The number of thiocarbonyl (C=S) groups is 1. The second kappa shape index (κ2) is 8.49. The lowest BCUT2D eigenvalue weighted by Gasteiger charge is -2.29. The van der Waals surface area contributed by atoms with Crippen LogP contribution in [0.3, 0.4) is 0 Å². The first-order chi connectivity index (χ1) is 12.9. The maximum absolute atomic E-state index is 13.0. The summed E-state index contributed by atoms with van der Waals surface area (Å²) in [5.74, 6) is -0.213. The van der Waals surface area contributed by atoms with Crippen molar-refractivity contribution < 1.29 is 14.3 Å². The van der Waals surface area contributed by atoms with Gasteiger partial charge < -0.3 is 4.74 Å². The van der Waals surface area contributed by atoms with Gasteiger partial charge in [-0.15, -0.1) is 0 Å². The zero-order valence-corrected chi connectivity index (χ0v) is 18.7. The predicted molar refractivity (Wildman–Crippen MR) is 121 cm³/mol. The molecular weight excluding hydrogens is 543 g/mol. The number of hydrogen-bond acceptors (Lipinski definition) is 4. The Bertz CT molecular complexity index is 960. The second-order valence-electron chi connectivity index (χ2n) is 5.56. The maximum Gasteiger partial charge on any atom is 0.270 e. The summed E-state index contributed by atoms with van der Waals surface area (Å²) in [4.78, 5) is 26.6. The minimum absolute atomic E-state index is 0.0199. The van der Waals surface area contributed by atoms with Crippen LogP contribution in [0, 0.1) is 3.57 Å². The van der Waals surface area contributed by atoms with Crippen LogP contribution < -0.4 is 15.0 Å². The number of halogens is 2. The number of benzene rings is 2. The molecule has 0 aliphatic carbocycles. The number of anilines is 1. The highest BCUT2D eigenvalue weighted by molar-refractivity contribution is 14.1. The van der Waals surface area contributed by atoms with Gasteiger partial charge in [-0.1, -0.05) is 22.0 Å². The largest absolute Gasteiger partial charge is 0.493 e. The molecule has 2 amide bonds. The van der Waals surface area contributed by atoms with Gasteiger partial charge in [0, 0.05) is 4.47 Å². The molecule has 0 radical (unpaired) electrons. The Morgan fingerprint density at radius 2 is 1.93 bits per heavy atom. The van der Waals surface area contributed by atoms with Gasteiger partial charge in [-0.05, 0) is 89.8 Å². The zero-order valence-electron chi connectivity index (χ0n) is 14.2. The first kappa shape index (κ1) is 20.0. The van der Waals surface area contributed by atoms with Crippen molar-refractivity contribution in [2.24, 2.45) is 0 Å². The van der Waals surface area contributed by atoms with E-state index in [0.717, 1.165) is 19.4 Å². The van der Waals surface area contributed by atoms with Gasteiger partial charge in [0.2, 0.25) is 0 Å². The molecule has 1 heterocycles. The van der Waals surface area contributed by atoms with Gasteiger partial charge in [0.1, 0.15) is 11.3 Å². The molecule has 1 N–H and O–H groups in total. The summed E-state index contributed by atoms with van der Waals surface area (Å²) in [7, 11) is 0. The molecule has 0 atom stereocenters. The first-order valence-electron chi connectivity index (χ1n) is 8.00. The molecule has 1 saturated heterocycles. The lowest BCUT2D eigenvalue weighted by molar-refractivity contribution is -0.122. The number of nitrogens with one attached hydrogen (secondary N) is 1. The summed E-state index contributed by atoms with van der Waals surface area (Å²) in [6, 6.07) is 12.6. The smallest absolute Gasteiger partial charge is 0.270 e. The molecule has 5 nitrogen and oxygen atoms in total. The number of amides is 2. The minimum atomic E-state index is -0.512. The Morgan fingerprint density at radius 1 is 1.22 bits per heavy atom.